The number of hydrogen-bond acceptors (Lipinski definition) is 3. The lowest BCUT2D eigenvalue weighted by molar-refractivity contribution is 0.434. The Morgan fingerprint density at radius 1 is 1.24 bits per heavy atom. The van der Waals surface area contributed by atoms with Crippen molar-refractivity contribution in [3.63, 3.8) is 0 Å². The molecule has 21 heavy (non-hydrogen) atoms. The second-order valence-corrected chi connectivity index (χ2v) is 5.69. The van der Waals surface area contributed by atoms with Crippen LogP contribution in [-0.4, -0.2) is 16.2 Å². The highest BCUT2D eigenvalue weighted by molar-refractivity contribution is 5.56. The van der Waals surface area contributed by atoms with Crippen LogP contribution in [0.5, 0.6) is 0 Å². The van der Waals surface area contributed by atoms with Crippen molar-refractivity contribution >= 4 is 0 Å². The van der Waals surface area contributed by atoms with E-state index >= 15 is 0 Å². The molecule has 0 spiro atoms. The largest absolute Gasteiger partial charge is 0.460 e. The molecule has 4 heteroatoms. The Bertz CT molecular complexity index is 530. The standard InChI is InChI=1S/C17H27N3O/c1-4-6-8-15(7-5-2)18-11-14-12-19-20-17(14)16-10-9-13(3)21-16/h9-10,12,15,18H,4-8,11H2,1-3H3,(H,19,20). The Kier molecular flexibility index (Phi) is 6.05. The fraction of sp³-hybridized carbons (Fsp3) is 0.588. The highest BCUT2D eigenvalue weighted by Crippen LogP contribution is 2.23. The number of aromatic amines is 1. The highest BCUT2D eigenvalue weighted by atomic mass is 16.3. The Morgan fingerprint density at radius 3 is 2.76 bits per heavy atom. The average Bonchev–Trinajstić information content (AvgIpc) is 3.10. The van der Waals surface area contributed by atoms with Gasteiger partial charge in [-0.1, -0.05) is 33.1 Å². The number of hydrogen-bond donors (Lipinski definition) is 2. The third-order valence-corrected chi connectivity index (χ3v) is 3.83. The normalized spacial score (nSPS) is 12.7. The minimum absolute atomic E-state index is 0.594. The smallest absolute Gasteiger partial charge is 0.152 e. The molecule has 2 aromatic heterocycles. The van der Waals surface area contributed by atoms with Crippen LogP contribution in [0.3, 0.4) is 0 Å². The summed E-state index contributed by atoms with van der Waals surface area (Å²) in [5.74, 6) is 1.78. The van der Waals surface area contributed by atoms with Crippen LogP contribution in [0.1, 0.15) is 57.3 Å². The van der Waals surface area contributed by atoms with Gasteiger partial charge in [0.15, 0.2) is 5.76 Å². The average molecular weight is 289 g/mol. The third kappa shape index (κ3) is 4.46. The van der Waals surface area contributed by atoms with Gasteiger partial charge in [0.25, 0.3) is 0 Å². The molecule has 0 aliphatic carbocycles. The van der Waals surface area contributed by atoms with E-state index in [1.807, 2.05) is 25.3 Å². The number of furan rings is 1. The van der Waals surface area contributed by atoms with Crippen LogP contribution in [0.15, 0.2) is 22.7 Å². The van der Waals surface area contributed by atoms with Gasteiger partial charge in [-0.15, -0.1) is 0 Å². The number of rotatable bonds is 9. The van der Waals surface area contributed by atoms with Crippen molar-refractivity contribution in [2.24, 2.45) is 0 Å². The molecule has 4 nitrogen and oxygen atoms in total. The first-order valence-corrected chi connectivity index (χ1v) is 8.07. The van der Waals surface area contributed by atoms with Gasteiger partial charge in [-0.3, -0.25) is 5.10 Å². The summed E-state index contributed by atoms with van der Waals surface area (Å²) in [5.41, 5.74) is 2.16. The molecule has 116 valence electrons. The van der Waals surface area contributed by atoms with E-state index in [2.05, 4.69) is 29.4 Å². The van der Waals surface area contributed by atoms with Gasteiger partial charge in [0.2, 0.25) is 0 Å². The number of aromatic nitrogens is 2. The van der Waals surface area contributed by atoms with E-state index < -0.39 is 0 Å². The fourth-order valence-electron chi connectivity index (χ4n) is 2.63. The Labute approximate surface area is 127 Å². The molecular weight excluding hydrogens is 262 g/mol. The van der Waals surface area contributed by atoms with E-state index in [1.165, 1.54) is 37.7 Å². The van der Waals surface area contributed by atoms with Gasteiger partial charge in [-0.2, -0.15) is 5.10 Å². The molecule has 0 saturated heterocycles. The molecule has 1 atom stereocenters. The zero-order chi connectivity index (χ0) is 15.1. The lowest BCUT2D eigenvalue weighted by Gasteiger charge is -2.17. The van der Waals surface area contributed by atoms with Crippen molar-refractivity contribution in [2.75, 3.05) is 0 Å². The minimum atomic E-state index is 0.594. The number of H-pyrrole nitrogens is 1. The van der Waals surface area contributed by atoms with Crippen LogP contribution in [0, 0.1) is 6.92 Å². The fourth-order valence-corrected chi connectivity index (χ4v) is 2.63. The summed E-state index contributed by atoms with van der Waals surface area (Å²) < 4.78 is 5.69. The van der Waals surface area contributed by atoms with Gasteiger partial charge in [0, 0.05) is 18.2 Å². The zero-order valence-electron chi connectivity index (χ0n) is 13.4. The van der Waals surface area contributed by atoms with Crippen molar-refractivity contribution < 1.29 is 4.42 Å². The van der Waals surface area contributed by atoms with E-state index in [1.54, 1.807) is 0 Å². The zero-order valence-corrected chi connectivity index (χ0v) is 13.4. The summed E-state index contributed by atoms with van der Waals surface area (Å²) in [7, 11) is 0. The Balaban J connectivity index is 1.98. The molecule has 0 aliphatic rings. The maximum Gasteiger partial charge on any atom is 0.152 e. The third-order valence-electron chi connectivity index (χ3n) is 3.83. The second kappa shape index (κ2) is 8.03. The van der Waals surface area contributed by atoms with Crippen LogP contribution in [0.2, 0.25) is 0 Å². The second-order valence-electron chi connectivity index (χ2n) is 5.69. The summed E-state index contributed by atoms with van der Waals surface area (Å²) in [6.07, 6.45) is 8.13. The molecular formula is C17H27N3O. The topological polar surface area (TPSA) is 53.9 Å². The molecule has 2 aromatic rings. The van der Waals surface area contributed by atoms with E-state index in [-0.39, 0.29) is 0 Å². The van der Waals surface area contributed by atoms with Crippen molar-refractivity contribution in [2.45, 2.75) is 65.5 Å². The molecule has 0 aromatic carbocycles. The van der Waals surface area contributed by atoms with Gasteiger partial charge in [-0.05, 0) is 31.9 Å². The van der Waals surface area contributed by atoms with Crippen molar-refractivity contribution in [3.8, 4) is 11.5 Å². The van der Waals surface area contributed by atoms with Crippen LogP contribution < -0.4 is 5.32 Å². The van der Waals surface area contributed by atoms with E-state index in [4.69, 9.17) is 4.42 Å². The molecule has 0 aliphatic heterocycles. The Hall–Kier alpha value is -1.55. The van der Waals surface area contributed by atoms with Gasteiger partial charge in [0.05, 0.1) is 6.20 Å². The van der Waals surface area contributed by atoms with Gasteiger partial charge in [0.1, 0.15) is 11.5 Å². The van der Waals surface area contributed by atoms with Gasteiger partial charge in [-0.25, -0.2) is 0 Å². The number of unbranched alkanes of at least 4 members (excludes halogenated alkanes) is 1. The lowest BCUT2D eigenvalue weighted by atomic mass is 10.0. The summed E-state index contributed by atoms with van der Waals surface area (Å²) in [6, 6.07) is 4.57. The van der Waals surface area contributed by atoms with E-state index in [9.17, 15) is 0 Å². The predicted octanol–water partition coefficient (Wildman–Crippen LogP) is 4.43. The predicted molar refractivity (Wildman–Crippen MR) is 86.1 cm³/mol. The molecule has 2 rings (SSSR count). The first kappa shape index (κ1) is 15.8. The summed E-state index contributed by atoms with van der Waals surface area (Å²) in [4.78, 5) is 0. The number of nitrogens with zero attached hydrogens (tertiary/aromatic N) is 1. The molecule has 0 fully saturated rings. The van der Waals surface area contributed by atoms with Crippen molar-refractivity contribution in [1.82, 2.24) is 15.5 Å². The molecule has 2 heterocycles. The maximum atomic E-state index is 5.69. The molecule has 0 bridgehead atoms. The number of nitrogens with one attached hydrogen (secondary N) is 2. The minimum Gasteiger partial charge on any atom is -0.460 e. The highest BCUT2D eigenvalue weighted by Gasteiger charge is 2.13. The molecule has 2 N–H and O–H groups in total. The van der Waals surface area contributed by atoms with Crippen LogP contribution in [-0.2, 0) is 6.54 Å². The Morgan fingerprint density at radius 2 is 2.10 bits per heavy atom. The monoisotopic (exact) mass is 289 g/mol. The summed E-state index contributed by atoms with van der Waals surface area (Å²) in [6.45, 7) is 7.28. The first-order chi connectivity index (χ1) is 10.2. The molecule has 0 radical (unpaired) electrons. The summed E-state index contributed by atoms with van der Waals surface area (Å²) >= 11 is 0. The number of aryl methyl sites for hydroxylation is 1. The van der Waals surface area contributed by atoms with E-state index in [0.717, 1.165) is 23.8 Å². The van der Waals surface area contributed by atoms with Crippen LogP contribution in [0.4, 0.5) is 0 Å². The van der Waals surface area contributed by atoms with Gasteiger partial charge >= 0.3 is 0 Å². The van der Waals surface area contributed by atoms with Crippen molar-refractivity contribution in [3.05, 3.63) is 29.7 Å². The van der Waals surface area contributed by atoms with E-state index in [0.29, 0.717) is 6.04 Å². The lowest BCUT2D eigenvalue weighted by Crippen LogP contribution is -2.28. The quantitative estimate of drug-likeness (QED) is 0.718. The van der Waals surface area contributed by atoms with Gasteiger partial charge < -0.3 is 9.73 Å². The maximum absolute atomic E-state index is 5.69. The first-order valence-electron chi connectivity index (χ1n) is 8.07. The van der Waals surface area contributed by atoms with Crippen molar-refractivity contribution in [1.29, 1.82) is 0 Å². The SMILES string of the molecule is CCCCC(CCC)NCc1cn[nH]c1-c1ccc(C)o1. The molecule has 0 saturated carbocycles. The van der Waals surface area contributed by atoms with Crippen LogP contribution >= 0.6 is 0 Å². The molecule has 1 unspecified atom stereocenters. The molecule has 0 amide bonds. The van der Waals surface area contributed by atoms with Crippen LogP contribution in [0.25, 0.3) is 11.5 Å². The summed E-state index contributed by atoms with van der Waals surface area (Å²) in [5, 5.41) is 10.9.